The number of nitrogens with one attached hydrogen (secondary N) is 1. The van der Waals surface area contributed by atoms with Gasteiger partial charge in [0.2, 0.25) is 0 Å². The molecule has 1 aromatic carbocycles. The van der Waals surface area contributed by atoms with Crippen LogP contribution >= 0.6 is 0 Å². The molecule has 1 heterocycles. The minimum atomic E-state index is -0.454. The van der Waals surface area contributed by atoms with Gasteiger partial charge in [0.15, 0.2) is 0 Å². The highest BCUT2D eigenvalue weighted by Gasteiger charge is 2.21. The van der Waals surface area contributed by atoms with Crippen LogP contribution in [0.3, 0.4) is 0 Å². The molecule has 0 bridgehead atoms. The number of amides is 1. The number of nitrogens with two attached hydrogens (primary N) is 2. The first kappa shape index (κ1) is 12.7. The van der Waals surface area contributed by atoms with E-state index in [4.69, 9.17) is 11.5 Å². The Bertz CT molecular complexity index is 447. The van der Waals surface area contributed by atoms with Crippen LogP contribution in [0.15, 0.2) is 18.2 Å². The van der Waals surface area contributed by atoms with Gasteiger partial charge < -0.3 is 21.7 Å². The summed E-state index contributed by atoms with van der Waals surface area (Å²) in [6.45, 7) is 1.91. The van der Waals surface area contributed by atoms with E-state index in [2.05, 4.69) is 17.3 Å². The maximum Gasteiger partial charge on any atom is 0.250 e. The van der Waals surface area contributed by atoms with Gasteiger partial charge in [-0.1, -0.05) is 6.07 Å². The van der Waals surface area contributed by atoms with Crippen LogP contribution in [0.2, 0.25) is 0 Å². The van der Waals surface area contributed by atoms with E-state index in [1.807, 2.05) is 0 Å². The van der Waals surface area contributed by atoms with Crippen molar-refractivity contribution in [2.45, 2.75) is 18.9 Å². The quantitative estimate of drug-likeness (QED) is 0.690. The molecular formula is C13H20N4O. The minimum Gasteiger partial charge on any atom is -0.397 e. The van der Waals surface area contributed by atoms with Crippen molar-refractivity contribution in [3.63, 3.8) is 0 Å². The van der Waals surface area contributed by atoms with Crippen LogP contribution < -0.4 is 16.8 Å². The zero-order valence-corrected chi connectivity index (χ0v) is 10.6. The summed E-state index contributed by atoms with van der Waals surface area (Å²) in [5.41, 5.74) is 12.9. The topological polar surface area (TPSA) is 84.4 Å². The van der Waals surface area contributed by atoms with Crippen LogP contribution in [-0.2, 0) is 0 Å². The molecule has 1 atom stereocenters. The molecule has 5 N–H and O–H groups in total. The number of carbonyl (C=O) groups excluding carboxylic acids is 1. The Labute approximate surface area is 107 Å². The molecule has 1 unspecified atom stereocenters. The Hall–Kier alpha value is -1.75. The number of nitrogen functional groups attached to an aromatic ring is 1. The van der Waals surface area contributed by atoms with Crippen LogP contribution in [-0.4, -0.2) is 37.0 Å². The minimum absolute atomic E-state index is 0.454. The molecule has 1 amide bonds. The molecular weight excluding hydrogens is 228 g/mol. The number of hydrogen-bond donors (Lipinski definition) is 3. The Morgan fingerprint density at radius 3 is 2.94 bits per heavy atom. The van der Waals surface area contributed by atoms with Gasteiger partial charge in [-0.2, -0.15) is 0 Å². The first-order chi connectivity index (χ1) is 8.59. The molecule has 2 rings (SSSR count). The molecule has 0 aliphatic carbocycles. The number of benzene rings is 1. The van der Waals surface area contributed by atoms with Crippen LogP contribution in [0, 0.1) is 0 Å². The molecule has 5 heteroatoms. The maximum atomic E-state index is 11.4. The smallest absolute Gasteiger partial charge is 0.250 e. The molecule has 1 aromatic rings. The lowest BCUT2D eigenvalue weighted by atomic mass is 10.1. The second-order valence-electron chi connectivity index (χ2n) is 4.79. The van der Waals surface area contributed by atoms with Crippen molar-refractivity contribution in [3.05, 3.63) is 23.8 Å². The van der Waals surface area contributed by atoms with E-state index in [1.165, 1.54) is 12.8 Å². The van der Waals surface area contributed by atoms with Crippen LogP contribution in [0.1, 0.15) is 23.2 Å². The van der Waals surface area contributed by atoms with Crippen LogP contribution in [0.25, 0.3) is 0 Å². The molecule has 0 radical (unpaired) electrons. The number of rotatable bonds is 4. The summed E-state index contributed by atoms with van der Waals surface area (Å²) in [5, 5.41) is 3.27. The predicted octanol–water partition coefficient (Wildman–Crippen LogP) is 0.874. The van der Waals surface area contributed by atoms with E-state index < -0.39 is 5.91 Å². The van der Waals surface area contributed by atoms with E-state index in [-0.39, 0.29) is 0 Å². The first-order valence-corrected chi connectivity index (χ1v) is 6.22. The third kappa shape index (κ3) is 2.56. The van der Waals surface area contributed by atoms with Gasteiger partial charge in [0.25, 0.3) is 5.91 Å². The van der Waals surface area contributed by atoms with E-state index >= 15 is 0 Å². The lowest BCUT2D eigenvalue weighted by molar-refractivity contribution is 0.100. The highest BCUT2D eigenvalue weighted by atomic mass is 16.1. The average Bonchev–Trinajstić information content (AvgIpc) is 2.73. The predicted molar refractivity (Wildman–Crippen MR) is 73.5 cm³/mol. The number of primary amides is 1. The van der Waals surface area contributed by atoms with Crippen molar-refractivity contribution in [2.24, 2.45) is 5.73 Å². The van der Waals surface area contributed by atoms with Gasteiger partial charge in [-0.25, -0.2) is 0 Å². The summed E-state index contributed by atoms with van der Waals surface area (Å²) < 4.78 is 0. The third-order valence-corrected chi connectivity index (χ3v) is 3.55. The van der Waals surface area contributed by atoms with Crippen molar-refractivity contribution in [1.29, 1.82) is 0 Å². The summed E-state index contributed by atoms with van der Waals surface area (Å²) in [6, 6.07) is 5.69. The Morgan fingerprint density at radius 2 is 2.33 bits per heavy atom. The second-order valence-corrected chi connectivity index (χ2v) is 4.79. The van der Waals surface area contributed by atoms with Crippen molar-refractivity contribution in [2.75, 3.05) is 31.2 Å². The second kappa shape index (κ2) is 5.27. The SMILES string of the molecule is CN1CCCC1CNc1c(N)cccc1C(N)=O. The number of anilines is 2. The lowest BCUT2D eigenvalue weighted by Crippen LogP contribution is -2.32. The van der Waals surface area contributed by atoms with Gasteiger partial charge in [0, 0.05) is 12.6 Å². The molecule has 1 fully saturated rings. The molecule has 98 valence electrons. The molecule has 5 nitrogen and oxygen atoms in total. The van der Waals surface area contributed by atoms with Crippen molar-refractivity contribution in [1.82, 2.24) is 4.90 Å². The maximum absolute atomic E-state index is 11.4. The summed E-state index contributed by atoms with van der Waals surface area (Å²) >= 11 is 0. The molecule has 1 saturated heterocycles. The van der Waals surface area contributed by atoms with E-state index in [0.29, 0.717) is 23.0 Å². The summed E-state index contributed by atoms with van der Waals surface area (Å²) in [6.07, 6.45) is 2.39. The van der Waals surface area contributed by atoms with E-state index in [0.717, 1.165) is 13.1 Å². The molecule has 0 saturated carbocycles. The zero-order chi connectivity index (χ0) is 13.1. The van der Waals surface area contributed by atoms with E-state index in [1.54, 1.807) is 18.2 Å². The van der Waals surface area contributed by atoms with Gasteiger partial charge >= 0.3 is 0 Å². The normalized spacial score (nSPS) is 19.9. The Morgan fingerprint density at radius 1 is 1.56 bits per heavy atom. The number of carbonyl (C=O) groups is 1. The molecule has 0 aromatic heterocycles. The van der Waals surface area contributed by atoms with Gasteiger partial charge in [-0.3, -0.25) is 4.79 Å². The summed E-state index contributed by atoms with van der Waals surface area (Å²) in [5.74, 6) is -0.454. The van der Waals surface area contributed by atoms with Crippen LogP contribution in [0.5, 0.6) is 0 Å². The van der Waals surface area contributed by atoms with Crippen molar-refractivity contribution in [3.8, 4) is 0 Å². The number of hydrogen-bond acceptors (Lipinski definition) is 4. The number of likely N-dealkylation sites (N-methyl/N-ethyl adjacent to an activating group) is 1. The van der Waals surface area contributed by atoms with Crippen molar-refractivity contribution >= 4 is 17.3 Å². The molecule has 0 spiro atoms. The first-order valence-electron chi connectivity index (χ1n) is 6.22. The highest BCUT2D eigenvalue weighted by Crippen LogP contribution is 2.24. The van der Waals surface area contributed by atoms with Crippen LogP contribution in [0.4, 0.5) is 11.4 Å². The standard InChI is InChI=1S/C13H20N4O/c1-17-7-3-4-9(17)8-16-12-10(13(15)18)5-2-6-11(12)14/h2,5-6,9,16H,3-4,7-8,14H2,1H3,(H2,15,18). The lowest BCUT2D eigenvalue weighted by Gasteiger charge is -2.21. The number of likely N-dealkylation sites (tertiary alicyclic amines) is 1. The Kier molecular flexibility index (Phi) is 3.72. The largest absolute Gasteiger partial charge is 0.397 e. The molecule has 1 aliphatic heterocycles. The fourth-order valence-corrected chi connectivity index (χ4v) is 2.43. The summed E-state index contributed by atoms with van der Waals surface area (Å²) in [7, 11) is 2.11. The highest BCUT2D eigenvalue weighted by molar-refractivity contribution is 6.01. The molecule has 1 aliphatic rings. The van der Waals surface area contributed by atoms with Gasteiger partial charge in [-0.15, -0.1) is 0 Å². The fraction of sp³-hybridized carbons (Fsp3) is 0.462. The zero-order valence-electron chi connectivity index (χ0n) is 10.6. The number of para-hydroxylation sites is 1. The van der Waals surface area contributed by atoms with Gasteiger partial charge in [-0.05, 0) is 38.6 Å². The number of nitrogens with zero attached hydrogens (tertiary/aromatic N) is 1. The average molecular weight is 248 g/mol. The van der Waals surface area contributed by atoms with Crippen molar-refractivity contribution < 1.29 is 4.79 Å². The van der Waals surface area contributed by atoms with Gasteiger partial charge in [0.05, 0.1) is 16.9 Å². The fourth-order valence-electron chi connectivity index (χ4n) is 2.43. The van der Waals surface area contributed by atoms with E-state index in [9.17, 15) is 4.79 Å². The molecule has 18 heavy (non-hydrogen) atoms. The summed E-state index contributed by atoms with van der Waals surface area (Å²) in [4.78, 5) is 13.7. The van der Waals surface area contributed by atoms with Gasteiger partial charge in [0.1, 0.15) is 0 Å². The Balaban J connectivity index is 2.11. The monoisotopic (exact) mass is 248 g/mol. The third-order valence-electron chi connectivity index (χ3n) is 3.55.